The van der Waals surface area contributed by atoms with Gasteiger partial charge in [0, 0.05) is 6.54 Å². The van der Waals surface area contributed by atoms with E-state index in [0.29, 0.717) is 6.54 Å². The molecule has 0 aliphatic carbocycles. The minimum atomic E-state index is -0.202. The van der Waals surface area contributed by atoms with Gasteiger partial charge < -0.3 is 10.6 Å². The number of hydrogen-bond acceptors (Lipinski definition) is 1. The molecule has 2 aromatic rings. The minimum absolute atomic E-state index is 0.176. The van der Waals surface area contributed by atoms with E-state index < -0.39 is 0 Å². The molecule has 0 saturated heterocycles. The molecular weight excluding hydrogens is 272 g/mol. The number of aryl methyl sites for hydroxylation is 2. The first-order valence-corrected chi connectivity index (χ1v) is 7.39. The van der Waals surface area contributed by atoms with Gasteiger partial charge in [0.15, 0.2) is 0 Å². The van der Waals surface area contributed by atoms with Crippen molar-refractivity contribution in [1.82, 2.24) is 10.6 Å². The summed E-state index contributed by atoms with van der Waals surface area (Å²) in [5.74, 6) is 0. The maximum absolute atomic E-state index is 12.0. The predicted octanol–water partition coefficient (Wildman–Crippen LogP) is 3.88. The zero-order chi connectivity index (χ0) is 15.9. The molecule has 22 heavy (non-hydrogen) atoms. The van der Waals surface area contributed by atoms with Gasteiger partial charge in [0.05, 0.1) is 6.04 Å². The van der Waals surface area contributed by atoms with Gasteiger partial charge in [0.25, 0.3) is 0 Å². The Morgan fingerprint density at radius 2 is 1.82 bits per heavy atom. The number of benzene rings is 2. The van der Waals surface area contributed by atoms with Crippen molar-refractivity contribution < 1.29 is 4.79 Å². The lowest BCUT2D eigenvalue weighted by Gasteiger charge is -2.21. The lowest BCUT2D eigenvalue weighted by atomic mass is 9.96. The van der Waals surface area contributed by atoms with Gasteiger partial charge in [0.1, 0.15) is 0 Å². The highest BCUT2D eigenvalue weighted by Crippen LogP contribution is 2.23. The monoisotopic (exact) mass is 294 g/mol. The summed E-state index contributed by atoms with van der Waals surface area (Å²) in [6.45, 7) is 8.22. The Hall–Kier alpha value is -2.55. The highest BCUT2D eigenvalue weighted by Gasteiger charge is 2.16. The van der Waals surface area contributed by atoms with E-state index in [0.717, 1.165) is 11.1 Å². The molecular formula is C19H22N2O. The standard InChI is InChI=1S/C19H22N2O/c1-4-12-20-19(22)21-18(16-8-6-5-7-9-16)17-11-10-14(2)15(3)13-17/h4-11,13,18H,1,12H2,2-3H3,(H2,20,21,22)/t18-/m0/s1. The van der Waals surface area contributed by atoms with E-state index in [9.17, 15) is 4.79 Å². The van der Waals surface area contributed by atoms with Crippen molar-refractivity contribution in [2.75, 3.05) is 6.54 Å². The number of rotatable bonds is 5. The van der Waals surface area contributed by atoms with Gasteiger partial charge in [-0.25, -0.2) is 4.79 Å². The van der Waals surface area contributed by atoms with E-state index in [1.165, 1.54) is 11.1 Å². The third kappa shape index (κ3) is 3.98. The number of amides is 2. The Morgan fingerprint density at radius 1 is 1.09 bits per heavy atom. The van der Waals surface area contributed by atoms with Crippen molar-refractivity contribution in [2.45, 2.75) is 19.9 Å². The van der Waals surface area contributed by atoms with Gasteiger partial charge in [-0.3, -0.25) is 0 Å². The van der Waals surface area contributed by atoms with Crippen molar-refractivity contribution >= 4 is 6.03 Å². The first-order chi connectivity index (χ1) is 10.6. The van der Waals surface area contributed by atoms with Crippen LogP contribution in [0.1, 0.15) is 28.3 Å². The highest BCUT2D eigenvalue weighted by molar-refractivity contribution is 5.75. The second-order valence-electron chi connectivity index (χ2n) is 5.33. The summed E-state index contributed by atoms with van der Waals surface area (Å²) in [5, 5.41) is 5.79. The molecule has 0 radical (unpaired) electrons. The summed E-state index contributed by atoms with van der Waals surface area (Å²) in [5.41, 5.74) is 4.58. The first-order valence-electron chi connectivity index (χ1n) is 7.39. The number of nitrogens with one attached hydrogen (secondary N) is 2. The summed E-state index contributed by atoms with van der Waals surface area (Å²) in [6, 6.07) is 15.9. The van der Waals surface area contributed by atoms with E-state index in [4.69, 9.17) is 0 Å². The average Bonchev–Trinajstić information content (AvgIpc) is 2.54. The molecule has 0 aliphatic rings. The van der Waals surface area contributed by atoms with Crippen molar-refractivity contribution in [1.29, 1.82) is 0 Å². The van der Waals surface area contributed by atoms with Crippen LogP contribution >= 0.6 is 0 Å². The molecule has 0 fully saturated rings. The molecule has 3 nitrogen and oxygen atoms in total. The number of carbonyl (C=O) groups is 1. The number of carbonyl (C=O) groups excluding carboxylic acids is 1. The Labute approximate surface area is 132 Å². The molecule has 114 valence electrons. The smallest absolute Gasteiger partial charge is 0.315 e. The molecule has 0 heterocycles. The van der Waals surface area contributed by atoms with Crippen molar-refractivity contribution in [3.05, 3.63) is 83.4 Å². The molecule has 0 aromatic heterocycles. The molecule has 2 N–H and O–H groups in total. The molecule has 2 rings (SSSR count). The number of hydrogen-bond donors (Lipinski definition) is 2. The van der Waals surface area contributed by atoms with Crippen LogP contribution in [0.4, 0.5) is 4.79 Å². The van der Waals surface area contributed by atoms with Crippen LogP contribution < -0.4 is 10.6 Å². The largest absolute Gasteiger partial charge is 0.335 e. The molecule has 2 amide bonds. The van der Waals surface area contributed by atoms with Crippen LogP contribution in [0.5, 0.6) is 0 Å². The van der Waals surface area contributed by atoms with E-state index in [-0.39, 0.29) is 12.1 Å². The molecule has 0 saturated carbocycles. The Balaban J connectivity index is 2.31. The van der Waals surface area contributed by atoms with Crippen LogP contribution in [-0.4, -0.2) is 12.6 Å². The third-order valence-electron chi connectivity index (χ3n) is 3.68. The van der Waals surface area contributed by atoms with E-state index in [1.807, 2.05) is 30.3 Å². The fourth-order valence-electron chi connectivity index (χ4n) is 2.30. The van der Waals surface area contributed by atoms with Crippen molar-refractivity contribution in [2.24, 2.45) is 0 Å². The van der Waals surface area contributed by atoms with Crippen molar-refractivity contribution in [3.63, 3.8) is 0 Å². The van der Waals surface area contributed by atoms with Gasteiger partial charge in [-0.15, -0.1) is 6.58 Å². The topological polar surface area (TPSA) is 41.1 Å². The Kier molecular flexibility index (Phi) is 5.37. The van der Waals surface area contributed by atoms with Gasteiger partial charge in [-0.2, -0.15) is 0 Å². The van der Waals surface area contributed by atoms with Gasteiger partial charge in [-0.1, -0.05) is 54.6 Å². The molecule has 0 aliphatic heterocycles. The van der Waals surface area contributed by atoms with Gasteiger partial charge >= 0.3 is 6.03 Å². The third-order valence-corrected chi connectivity index (χ3v) is 3.68. The zero-order valence-corrected chi connectivity index (χ0v) is 13.1. The van der Waals surface area contributed by atoms with Crippen LogP contribution in [0.25, 0.3) is 0 Å². The summed E-state index contributed by atoms with van der Waals surface area (Å²) in [6.07, 6.45) is 1.66. The molecule has 0 unspecified atom stereocenters. The number of urea groups is 1. The second kappa shape index (κ2) is 7.46. The van der Waals surface area contributed by atoms with Gasteiger partial charge in [0.2, 0.25) is 0 Å². The van der Waals surface area contributed by atoms with Crippen LogP contribution in [0.2, 0.25) is 0 Å². The molecule has 0 bridgehead atoms. The average molecular weight is 294 g/mol. The van der Waals surface area contributed by atoms with Crippen molar-refractivity contribution in [3.8, 4) is 0 Å². The summed E-state index contributed by atoms with van der Waals surface area (Å²) >= 11 is 0. The second-order valence-corrected chi connectivity index (χ2v) is 5.33. The van der Waals surface area contributed by atoms with Crippen LogP contribution in [0.3, 0.4) is 0 Å². The Bertz CT molecular complexity index is 650. The lowest BCUT2D eigenvalue weighted by molar-refractivity contribution is 0.239. The fraction of sp³-hybridized carbons (Fsp3) is 0.211. The SMILES string of the molecule is C=CCNC(=O)N[C@@H](c1ccccc1)c1ccc(C)c(C)c1. The summed E-state index contributed by atoms with van der Waals surface area (Å²) in [4.78, 5) is 12.0. The van der Waals surface area contributed by atoms with E-state index in [1.54, 1.807) is 6.08 Å². The normalized spacial score (nSPS) is 11.5. The molecule has 1 atom stereocenters. The van der Waals surface area contributed by atoms with Crippen LogP contribution in [0.15, 0.2) is 61.2 Å². The van der Waals surface area contributed by atoms with E-state index >= 15 is 0 Å². The maximum atomic E-state index is 12.0. The van der Waals surface area contributed by atoms with Crippen LogP contribution in [0, 0.1) is 13.8 Å². The molecule has 2 aromatic carbocycles. The zero-order valence-electron chi connectivity index (χ0n) is 13.1. The minimum Gasteiger partial charge on any atom is -0.335 e. The van der Waals surface area contributed by atoms with Crippen LogP contribution in [-0.2, 0) is 0 Å². The molecule has 3 heteroatoms. The summed E-state index contributed by atoms with van der Waals surface area (Å²) < 4.78 is 0. The maximum Gasteiger partial charge on any atom is 0.315 e. The highest BCUT2D eigenvalue weighted by atomic mass is 16.2. The van der Waals surface area contributed by atoms with Gasteiger partial charge in [-0.05, 0) is 36.1 Å². The Morgan fingerprint density at radius 3 is 2.45 bits per heavy atom. The first kappa shape index (κ1) is 15.8. The lowest BCUT2D eigenvalue weighted by Crippen LogP contribution is -2.38. The van der Waals surface area contributed by atoms with E-state index in [2.05, 4.69) is 49.3 Å². The fourth-order valence-corrected chi connectivity index (χ4v) is 2.30. The quantitative estimate of drug-likeness (QED) is 0.807. The summed E-state index contributed by atoms with van der Waals surface area (Å²) in [7, 11) is 0. The molecule has 0 spiro atoms. The predicted molar refractivity (Wildman–Crippen MR) is 90.9 cm³/mol.